The van der Waals surface area contributed by atoms with Gasteiger partial charge in [0, 0.05) is 19.1 Å². The molecule has 16 heavy (non-hydrogen) atoms. The van der Waals surface area contributed by atoms with Crippen molar-refractivity contribution in [1.82, 2.24) is 5.32 Å². The summed E-state index contributed by atoms with van der Waals surface area (Å²) in [7, 11) is 0. The van der Waals surface area contributed by atoms with Gasteiger partial charge in [0.2, 0.25) is 5.91 Å². The van der Waals surface area contributed by atoms with E-state index in [-0.39, 0.29) is 12.0 Å². The third-order valence-corrected chi connectivity index (χ3v) is 3.77. The van der Waals surface area contributed by atoms with Crippen LogP contribution in [0.25, 0.3) is 0 Å². The Morgan fingerprint density at radius 3 is 2.56 bits per heavy atom. The van der Waals surface area contributed by atoms with E-state index in [1.54, 1.807) is 0 Å². The SMILES string of the molecule is CCC(N)(CC)C(=O)NCC1CCOC1C. The van der Waals surface area contributed by atoms with Crippen molar-refractivity contribution in [3.63, 3.8) is 0 Å². The molecule has 3 N–H and O–H groups in total. The highest BCUT2D eigenvalue weighted by atomic mass is 16.5. The maximum atomic E-state index is 11.9. The van der Waals surface area contributed by atoms with Crippen molar-refractivity contribution in [3.05, 3.63) is 0 Å². The predicted octanol–water partition coefficient (Wildman–Crippen LogP) is 1.05. The molecular formula is C12H24N2O2. The van der Waals surface area contributed by atoms with Gasteiger partial charge >= 0.3 is 0 Å². The summed E-state index contributed by atoms with van der Waals surface area (Å²) in [5.41, 5.74) is 5.31. The number of hydrogen-bond acceptors (Lipinski definition) is 3. The number of ether oxygens (including phenoxy) is 1. The maximum absolute atomic E-state index is 11.9. The summed E-state index contributed by atoms with van der Waals surface area (Å²) in [4.78, 5) is 11.9. The standard InChI is InChI=1S/C12H24N2O2/c1-4-12(13,5-2)11(15)14-8-10-6-7-16-9(10)3/h9-10H,4-8,13H2,1-3H3,(H,14,15). The minimum absolute atomic E-state index is 0.0309. The molecule has 1 amide bonds. The van der Waals surface area contributed by atoms with Crippen LogP contribution in [0.4, 0.5) is 0 Å². The first-order valence-electron chi connectivity index (χ1n) is 6.22. The van der Waals surface area contributed by atoms with Crippen LogP contribution < -0.4 is 11.1 Å². The summed E-state index contributed by atoms with van der Waals surface area (Å²) in [6.45, 7) is 7.43. The fourth-order valence-corrected chi connectivity index (χ4v) is 2.02. The van der Waals surface area contributed by atoms with Gasteiger partial charge in [-0.1, -0.05) is 13.8 Å². The number of hydrogen-bond donors (Lipinski definition) is 2. The number of amides is 1. The number of carbonyl (C=O) groups is 1. The molecule has 4 heteroatoms. The fourth-order valence-electron chi connectivity index (χ4n) is 2.02. The zero-order valence-corrected chi connectivity index (χ0v) is 10.6. The van der Waals surface area contributed by atoms with Crippen LogP contribution in [0.1, 0.15) is 40.0 Å². The lowest BCUT2D eigenvalue weighted by Gasteiger charge is -2.26. The number of carbonyl (C=O) groups excluding carboxylic acids is 1. The van der Waals surface area contributed by atoms with Crippen LogP contribution in [-0.2, 0) is 9.53 Å². The quantitative estimate of drug-likeness (QED) is 0.739. The van der Waals surface area contributed by atoms with Gasteiger partial charge in [0.25, 0.3) is 0 Å². The van der Waals surface area contributed by atoms with Crippen LogP contribution in [0.5, 0.6) is 0 Å². The zero-order valence-electron chi connectivity index (χ0n) is 10.6. The molecule has 1 heterocycles. The Balaban J connectivity index is 2.40. The normalized spacial score (nSPS) is 25.8. The van der Waals surface area contributed by atoms with Crippen molar-refractivity contribution in [2.45, 2.75) is 51.7 Å². The van der Waals surface area contributed by atoms with Gasteiger partial charge in [-0.05, 0) is 26.2 Å². The van der Waals surface area contributed by atoms with Gasteiger partial charge in [-0.25, -0.2) is 0 Å². The average Bonchev–Trinajstić information content (AvgIpc) is 2.70. The summed E-state index contributed by atoms with van der Waals surface area (Å²) in [6, 6.07) is 0. The molecule has 0 aromatic heterocycles. The first-order valence-corrected chi connectivity index (χ1v) is 6.22. The molecule has 0 aliphatic carbocycles. The summed E-state index contributed by atoms with van der Waals surface area (Å²) in [6.07, 6.45) is 2.62. The van der Waals surface area contributed by atoms with Crippen LogP contribution in [0.15, 0.2) is 0 Å². The Bertz CT molecular complexity index is 239. The summed E-state index contributed by atoms with van der Waals surface area (Å²) < 4.78 is 5.45. The second kappa shape index (κ2) is 5.64. The molecule has 0 aromatic carbocycles. The van der Waals surface area contributed by atoms with Crippen LogP contribution in [0.3, 0.4) is 0 Å². The lowest BCUT2D eigenvalue weighted by Crippen LogP contribution is -2.54. The Labute approximate surface area is 97.9 Å². The van der Waals surface area contributed by atoms with Gasteiger partial charge in [0.1, 0.15) is 0 Å². The van der Waals surface area contributed by atoms with E-state index in [1.165, 1.54) is 0 Å². The monoisotopic (exact) mass is 228 g/mol. The topological polar surface area (TPSA) is 64.4 Å². The predicted molar refractivity (Wildman–Crippen MR) is 64.0 cm³/mol. The second-order valence-electron chi connectivity index (χ2n) is 4.70. The molecule has 0 bridgehead atoms. The van der Waals surface area contributed by atoms with Gasteiger partial charge in [0.15, 0.2) is 0 Å². The van der Waals surface area contributed by atoms with Crippen LogP contribution in [0, 0.1) is 5.92 Å². The maximum Gasteiger partial charge on any atom is 0.240 e. The molecule has 1 aliphatic heterocycles. The molecular weight excluding hydrogens is 204 g/mol. The van der Waals surface area contributed by atoms with Gasteiger partial charge < -0.3 is 15.8 Å². The number of nitrogens with one attached hydrogen (secondary N) is 1. The van der Waals surface area contributed by atoms with E-state index in [0.29, 0.717) is 25.3 Å². The van der Waals surface area contributed by atoms with Crippen LogP contribution >= 0.6 is 0 Å². The van der Waals surface area contributed by atoms with E-state index in [1.807, 2.05) is 13.8 Å². The third kappa shape index (κ3) is 2.95. The first-order chi connectivity index (χ1) is 7.53. The molecule has 1 rings (SSSR count). The molecule has 1 aliphatic rings. The van der Waals surface area contributed by atoms with E-state index in [0.717, 1.165) is 13.0 Å². The van der Waals surface area contributed by atoms with E-state index in [4.69, 9.17) is 10.5 Å². The minimum Gasteiger partial charge on any atom is -0.378 e. The van der Waals surface area contributed by atoms with Gasteiger partial charge in [-0.15, -0.1) is 0 Å². The lowest BCUT2D eigenvalue weighted by molar-refractivity contribution is -0.126. The molecule has 0 spiro atoms. The van der Waals surface area contributed by atoms with Crippen LogP contribution in [-0.4, -0.2) is 30.7 Å². The Morgan fingerprint density at radius 2 is 2.12 bits per heavy atom. The molecule has 1 fully saturated rings. The first kappa shape index (κ1) is 13.5. The van der Waals surface area contributed by atoms with Crippen LogP contribution in [0.2, 0.25) is 0 Å². The number of rotatable bonds is 5. The van der Waals surface area contributed by atoms with Crippen molar-refractivity contribution >= 4 is 5.91 Å². The highest BCUT2D eigenvalue weighted by Crippen LogP contribution is 2.20. The number of nitrogens with two attached hydrogens (primary N) is 1. The average molecular weight is 228 g/mol. The van der Waals surface area contributed by atoms with E-state index in [9.17, 15) is 4.79 Å². The van der Waals surface area contributed by atoms with E-state index in [2.05, 4.69) is 12.2 Å². The third-order valence-electron chi connectivity index (χ3n) is 3.77. The van der Waals surface area contributed by atoms with E-state index < -0.39 is 5.54 Å². The summed E-state index contributed by atoms with van der Waals surface area (Å²) >= 11 is 0. The largest absolute Gasteiger partial charge is 0.378 e. The zero-order chi connectivity index (χ0) is 12.2. The molecule has 2 atom stereocenters. The van der Waals surface area contributed by atoms with E-state index >= 15 is 0 Å². The van der Waals surface area contributed by atoms with Gasteiger partial charge in [0.05, 0.1) is 11.6 Å². The molecule has 0 aromatic rings. The molecule has 2 unspecified atom stereocenters. The van der Waals surface area contributed by atoms with Gasteiger partial charge in [-0.3, -0.25) is 4.79 Å². The Kier molecular flexibility index (Phi) is 4.74. The fraction of sp³-hybridized carbons (Fsp3) is 0.917. The molecule has 0 radical (unpaired) electrons. The summed E-state index contributed by atoms with van der Waals surface area (Å²) in [5.74, 6) is 0.401. The van der Waals surface area contributed by atoms with Crippen molar-refractivity contribution in [3.8, 4) is 0 Å². The molecule has 1 saturated heterocycles. The van der Waals surface area contributed by atoms with Crippen molar-refractivity contribution in [2.24, 2.45) is 11.7 Å². The Morgan fingerprint density at radius 1 is 1.50 bits per heavy atom. The Hall–Kier alpha value is -0.610. The highest BCUT2D eigenvalue weighted by molar-refractivity contribution is 5.85. The molecule has 0 saturated carbocycles. The van der Waals surface area contributed by atoms with Gasteiger partial charge in [-0.2, -0.15) is 0 Å². The highest BCUT2D eigenvalue weighted by Gasteiger charge is 2.31. The van der Waals surface area contributed by atoms with Crippen molar-refractivity contribution in [2.75, 3.05) is 13.2 Å². The van der Waals surface area contributed by atoms with Crippen molar-refractivity contribution in [1.29, 1.82) is 0 Å². The van der Waals surface area contributed by atoms with Crippen molar-refractivity contribution < 1.29 is 9.53 Å². The summed E-state index contributed by atoms with van der Waals surface area (Å²) in [5, 5.41) is 2.95. The lowest BCUT2D eigenvalue weighted by atomic mass is 9.92. The molecule has 4 nitrogen and oxygen atoms in total. The molecule has 94 valence electrons. The second-order valence-corrected chi connectivity index (χ2v) is 4.70. The minimum atomic E-state index is -0.706. The smallest absolute Gasteiger partial charge is 0.240 e.